The van der Waals surface area contributed by atoms with Crippen molar-refractivity contribution in [2.45, 2.75) is 57.7 Å². The number of urea groups is 1. The quantitative estimate of drug-likeness (QED) is 0.777. The van der Waals surface area contributed by atoms with Crippen LogP contribution in [0.5, 0.6) is 0 Å². The number of hydroxylamine groups is 2. The van der Waals surface area contributed by atoms with E-state index in [2.05, 4.69) is 19.0 Å². The molecule has 2 amide bonds. The maximum absolute atomic E-state index is 12.9. The third-order valence-corrected chi connectivity index (χ3v) is 5.52. The van der Waals surface area contributed by atoms with Gasteiger partial charge in [0.25, 0.3) is 0 Å². The third-order valence-electron chi connectivity index (χ3n) is 5.52. The smallest absolute Gasteiger partial charge is 0.344 e. The van der Waals surface area contributed by atoms with E-state index in [9.17, 15) is 4.79 Å². The van der Waals surface area contributed by atoms with Crippen LogP contribution in [0.25, 0.3) is 0 Å². The number of benzene rings is 1. The Labute approximate surface area is 153 Å². The normalized spacial score (nSPS) is 23.5. The highest BCUT2D eigenvalue weighted by Crippen LogP contribution is 2.39. The van der Waals surface area contributed by atoms with Gasteiger partial charge in [-0.3, -0.25) is 4.84 Å². The molecule has 0 saturated carbocycles. The molecule has 2 saturated heterocycles. The van der Waals surface area contributed by atoms with Gasteiger partial charge in [0, 0.05) is 18.5 Å². The third kappa shape index (κ3) is 3.09. The van der Waals surface area contributed by atoms with E-state index >= 15 is 0 Å². The SMILES string of the molecule is CCC(C)c1cc([C@@H]2CC[C@@H]3CN2C(=O)N3OCc2ccccc2)no1. The first kappa shape index (κ1) is 17.1. The monoisotopic (exact) mass is 355 g/mol. The van der Waals surface area contributed by atoms with Crippen LogP contribution in [-0.4, -0.2) is 33.7 Å². The number of carbonyl (C=O) groups excluding carboxylic acids is 1. The number of hydrogen-bond donors (Lipinski definition) is 0. The molecule has 3 heterocycles. The van der Waals surface area contributed by atoms with Crippen molar-refractivity contribution in [1.82, 2.24) is 15.1 Å². The predicted octanol–water partition coefficient (Wildman–Crippen LogP) is 4.26. The van der Waals surface area contributed by atoms with Gasteiger partial charge in [0.1, 0.15) is 18.1 Å². The summed E-state index contributed by atoms with van der Waals surface area (Å²) in [7, 11) is 0. The van der Waals surface area contributed by atoms with Crippen LogP contribution in [0, 0.1) is 0 Å². The van der Waals surface area contributed by atoms with Crippen LogP contribution in [0.2, 0.25) is 0 Å². The number of nitrogens with zero attached hydrogens (tertiary/aromatic N) is 3. The minimum atomic E-state index is -0.0680. The summed E-state index contributed by atoms with van der Waals surface area (Å²) in [5.41, 5.74) is 1.92. The predicted molar refractivity (Wildman–Crippen MR) is 96.1 cm³/mol. The number of rotatable bonds is 6. The van der Waals surface area contributed by atoms with Crippen molar-refractivity contribution < 1.29 is 14.2 Å². The van der Waals surface area contributed by atoms with Crippen LogP contribution in [0.15, 0.2) is 40.9 Å². The summed E-state index contributed by atoms with van der Waals surface area (Å²) < 4.78 is 5.51. The van der Waals surface area contributed by atoms with E-state index in [0.717, 1.165) is 36.3 Å². The van der Waals surface area contributed by atoms with Crippen LogP contribution in [-0.2, 0) is 11.4 Å². The lowest BCUT2D eigenvalue weighted by molar-refractivity contribution is -0.140. The molecule has 0 radical (unpaired) electrons. The Morgan fingerprint density at radius 3 is 2.88 bits per heavy atom. The van der Waals surface area contributed by atoms with Crippen LogP contribution in [0.1, 0.15) is 62.1 Å². The standard InChI is InChI=1S/C20H25N3O3/c1-3-14(2)19-11-17(21-26-19)18-10-9-16-12-22(18)20(24)23(16)25-13-15-7-5-4-6-8-15/h4-8,11,14,16,18H,3,9-10,12-13H2,1-2H3/t14?,16-,18+/m1/s1. The number of carbonyl (C=O) groups is 1. The lowest BCUT2D eigenvalue weighted by atomic mass is 9.97. The van der Waals surface area contributed by atoms with Gasteiger partial charge in [-0.25, -0.2) is 4.79 Å². The second-order valence-electron chi connectivity index (χ2n) is 7.23. The Morgan fingerprint density at radius 2 is 2.12 bits per heavy atom. The molecule has 2 aliphatic rings. The zero-order valence-corrected chi connectivity index (χ0v) is 15.3. The zero-order chi connectivity index (χ0) is 18.1. The Kier molecular flexibility index (Phi) is 4.68. The van der Waals surface area contributed by atoms with Crippen molar-refractivity contribution in [3.8, 4) is 0 Å². The summed E-state index contributed by atoms with van der Waals surface area (Å²) in [4.78, 5) is 20.6. The molecule has 1 aromatic heterocycles. The van der Waals surface area contributed by atoms with E-state index in [0.29, 0.717) is 19.1 Å². The molecule has 1 unspecified atom stereocenters. The molecular weight excluding hydrogens is 330 g/mol. The molecular formula is C20H25N3O3. The fraction of sp³-hybridized carbons (Fsp3) is 0.500. The molecule has 2 aromatic rings. The van der Waals surface area contributed by atoms with Crippen LogP contribution in [0.4, 0.5) is 4.79 Å². The molecule has 138 valence electrons. The second-order valence-corrected chi connectivity index (χ2v) is 7.23. The maximum atomic E-state index is 12.9. The first-order chi connectivity index (χ1) is 12.7. The van der Waals surface area contributed by atoms with Gasteiger partial charge >= 0.3 is 6.03 Å². The summed E-state index contributed by atoms with van der Waals surface area (Å²) in [6.45, 7) is 5.35. The van der Waals surface area contributed by atoms with E-state index in [1.54, 1.807) is 5.06 Å². The summed E-state index contributed by atoms with van der Waals surface area (Å²) >= 11 is 0. The Morgan fingerprint density at radius 1 is 1.31 bits per heavy atom. The fourth-order valence-corrected chi connectivity index (χ4v) is 3.72. The van der Waals surface area contributed by atoms with Crippen LogP contribution >= 0.6 is 0 Å². The Balaban J connectivity index is 1.45. The van der Waals surface area contributed by atoms with Crippen molar-refractivity contribution in [1.29, 1.82) is 0 Å². The number of amides is 2. The number of aromatic nitrogens is 1. The molecule has 0 spiro atoms. The van der Waals surface area contributed by atoms with Crippen molar-refractivity contribution in [3.05, 3.63) is 53.4 Å². The molecule has 2 aliphatic heterocycles. The van der Waals surface area contributed by atoms with Gasteiger partial charge in [0.2, 0.25) is 0 Å². The van der Waals surface area contributed by atoms with E-state index < -0.39 is 0 Å². The minimum Gasteiger partial charge on any atom is -0.361 e. The van der Waals surface area contributed by atoms with E-state index in [4.69, 9.17) is 9.36 Å². The van der Waals surface area contributed by atoms with Gasteiger partial charge < -0.3 is 9.42 Å². The fourth-order valence-electron chi connectivity index (χ4n) is 3.72. The molecule has 4 rings (SSSR count). The van der Waals surface area contributed by atoms with E-state index in [1.807, 2.05) is 41.3 Å². The molecule has 26 heavy (non-hydrogen) atoms. The van der Waals surface area contributed by atoms with Crippen LogP contribution in [0.3, 0.4) is 0 Å². The molecule has 0 aliphatic carbocycles. The van der Waals surface area contributed by atoms with E-state index in [1.165, 1.54) is 0 Å². The molecule has 1 aromatic carbocycles. The lowest BCUT2D eigenvalue weighted by Crippen LogP contribution is -2.34. The summed E-state index contributed by atoms with van der Waals surface area (Å²) in [6, 6.07) is 12.0. The first-order valence-corrected chi connectivity index (χ1v) is 9.40. The Hall–Kier alpha value is -2.34. The molecule has 6 nitrogen and oxygen atoms in total. The average molecular weight is 355 g/mol. The number of hydrogen-bond acceptors (Lipinski definition) is 4. The molecule has 2 fully saturated rings. The van der Waals surface area contributed by atoms with Crippen molar-refractivity contribution in [3.63, 3.8) is 0 Å². The first-order valence-electron chi connectivity index (χ1n) is 9.40. The molecule has 0 N–H and O–H groups in total. The number of piperidine rings is 1. The van der Waals surface area contributed by atoms with Crippen molar-refractivity contribution in [2.24, 2.45) is 0 Å². The van der Waals surface area contributed by atoms with Gasteiger partial charge in [-0.2, -0.15) is 5.06 Å². The van der Waals surface area contributed by atoms with Crippen molar-refractivity contribution >= 4 is 6.03 Å². The highest BCUT2D eigenvalue weighted by molar-refractivity contribution is 5.77. The highest BCUT2D eigenvalue weighted by Gasteiger charge is 2.46. The van der Waals surface area contributed by atoms with Crippen LogP contribution < -0.4 is 0 Å². The summed E-state index contributed by atoms with van der Waals surface area (Å²) in [6.07, 6.45) is 2.80. The molecule has 2 bridgehead atoms. The van der Waals surface area contributed by atoms with Gasteiger partial charge in [-0.1, -0.05) is 49.3 Å². The highest BCUT2D eigenvalue weighted by atomic mass is 16.7. The molecule has 6 heteroatoms. The summed E-state index contributed by atoms with van der Waals surface area (Å²) in [5.74, 6) is 1.24. The zero-order valence-electron chi connectivity index (χ0n) is 15.3. The lowest BCUT2D eigenvalue weighted by Gasteiger charge is -2.28. The van der Waals surface area contributed by atoms with Gasteiger partial charge in [-0.15, -0.1) is 0 Å². The average Bonchev–Trinajstić information content (AvgIpc) is 3.26. The number of fused-ring (bicyclic) bond motifs is 2. The van der Waals surface area contributed by atoms with Gasteiger partial charge in [0.05, 0.1) is 12.1 Å². The topological polar surface area (TPSA) is 58.8 Å². The second kappa shape index (κ2) is 7.11. The van der Waals surface area contributed by atoms with Gasteiger partial charge in [-0.05, 0) is 24.8 Å². The van der Waals surface area contributed by atoms with E-state index in [-0.39, 0.29) is 18.1 Å². The summed E-state index contributed by atoms with van der Waals surface area (Å²) in [5, 5.41) is 5.81. The largest absolute Gasteiger partial charge is 0.361 e. The molecule has 3 atom stereocenters. The van der Waals surface area contributed by atoms with Crippen molar-refractivity contribution in [2.75, 3.05) is 6.54 Å². The Bertz CT molecular complexity index is 761. The van der Waals surface area contributed by atoms with Gasteiger partial charge in [0.15, 0.2) is 0 Å². The minimum absolute atomic E-state index is 0.0226. The maximum Gasteiger partial charge on any atom is 0.344 e.